The van der Waals surface area contributed by atoms with Crippen LogP contribution in [0.2, 0.25) is 19.6 Å². The normalized spacial score (nSPS) is 11.4. The molecule has 3 aromatic carbocycles. The number of hydrogen-bond donors (Lipinski definition) is 0. The zero-order valence-corrected chi connectivity index (χ0v) is 32.0. The molecule has 0 aliphatic rings. The first kappa shape index (κ1) is 35.1. The summed E-state index contributed by atoms with van der Waals surface area (Å²) in [5.74, 6) is 0.971. The molecule has 0 amide bonds. The van der Waals surface area contributed by atoms with Crippen molar-refractivity contribution in [1.82, 2.24) is 15.0 Å². The van der Waals surface area contributed by atoms with E-state index >= 15 is 0 Å². The van der Waals surface area contributed by atoms with Gasteiger partial charge < -0.3 is 14.4 Å². The molecule has 0 bridgehead atoms. The topological polar surface area (TPSA) is 51.8 Å². The monoisotopic (exact) mass is 824 g/mol. The third kappa shape index (κ3) is 7.57. The van der Waals surface area contributed by atoms with Crippen LogP contribution in [0.5, 0.6) is 0 Å². The first-order valence-corrected chi connectivity index (χ1v) is 19.8. The van der Waals surface area contributed by atoms with Gasteiger partial charge in [-0.15, -0.1) is 54.1 Å². The fraction of sp³-hybridized carbons (Fsp3) is 0.214. The Kier molecular flexibility index (Phi) is 10.9. The number of hydrogen-bond acceptors (Lipinski definition) is 4. The third-order valence-corrected chi connectivity index (χ3v) is 10.5. The Morgan fingerprint density at radius 3 is 2.12 bits per heavy atom. The summed E-state index contributed by atoms with van der Waals surface area (Å²) in [6.45, 7) is 16.0. The fourth-order valence-corrected chi connectivity index (χ4v) is 7.50. The molecule has 0 aliphatic carbocycles. The molecule has 0 aliphatic heterocycles. The molecule has 7 rings (SSSR count). The molecular weight excluding hydrogens is 783 g/mol. The summed E-state index contributed by atoms with van der Waals surface area (Å²) in [7, 11) is -1.34. The van der Waals surface area contributed by atoms with Crippen LogP contribution in [0, 0.1) is 12.1 Å². The minimum absolute atomic E-state index is 0. The van der Waals surface area contributed by atoms with Crippen LogP contribution < -0.4 is 5.19 Å². The number of nitrogens with zero attached hydrogens (tertiary/aromatic N) is 3. The summed E-state index contributed by atoms with van der Waals surface area (Å²) in [6, 6.07) is 37.4. The van der Waals surface area contributed by atoms with Gasteiger partial charge in [0.05, 0.1) is 13.7 Å². The maximum Gasteiger partial charge on any atom is 0.216 e. The van der Waals surface area contributed by atoms with Gasteiger partial charge in [0.25, 0.3) is 0 Å². The van der Waals surface area contributed by atoms with E-state index in [0.29, 0.717) is 17.5 Å². The Bertz CT molecular complexity index is 2130. The second-order valence-corrected chi connectivity index (χ2v) is 18.6. The molecule has 0 atom stereocenters. The van der Waals surface area contributed by atoms with Crippen molar-refractivity contribution in [2.24, 2.45) is 0 Å². The number of pyridine rings is 3. The van der Waals surface area contributed by atoms with Gasteiger partial charge in [-0.05, 0) is 46.1 Å². The molecule has 4 heterocycles. The second-order valence-electron chi connectivity index (χ2n) is 13.6. The predicted molar refractivity (Wildman–Crippen MR) is 199 cm³/mol. The minimum atomic E-state index is -1.34. The van der Waals surface area contributed by atoms with E-state index in [1.54, 1.807) is 0 Å². The summed E-state index contributed by atoms with van der Waals surface area (Å²) in [5, 5.41) is 3.51. The minimum Gasteiger partial charge on any atom is -0.486 e. The molecule has 0 spiro atoms. The number of fused-ring (bicyclic) bond motifs is 3. The molecular formula is C42H41IrN3OSi-2. The Morgan fingerprint density at radius 2 is 1.44 bits per heavy atom. The molecule has 6 heteroatoms. The largest absolute Gasteiger partial charge is 0.486 e. The van der Waals surface area contributed by atoms with Gasteiger partial charge in [0.1, 0.15) is 0 Å². The van der Waals surface area contributed by atoms with Crippen molar-refractivity contribution < 1.29 is 24.5 Å². The number of benzene rings is 3. The molecule has 4 nitrogen and oxygen atoms in total. The molecule has 0 saturated carbocycles. The van der Waals surface area contributed by atoms with Gasteiger partial charge in [-0.25, -0.2) is 4.98 Å². The van der Waals surface area contributed by atoms with Gasteiger partial charge in [0, 0.05) is 49.6 Å². The Hall–Kier alpha value is -4.22. The van der Waals surface area contributed by atoms with Gasteiger partial charge in [-0.1, -0.05) is 112 Å². The number of furan rings is 1. The van der Waals surface area contributed by atoms with Gasteiger partial charge in [0.15, 0.2) is 0 Å². The first-order valence-electron chi connectivity index (χ1n) is 16.3. The quantitative estimate of drug-likeness (QED) is 0.124. The van der Waals surface area contributed by atoms with Crippen molar-refractivity contribution in [3.8, 4) is 33.6 Å². The maximum absolute atomic E-state index is 6.15. The molecule has 1 radical (unpaired) electrons. The molecule has 245 valence electrons. The van der Waals surface area contributed by atoms with Crippen LogP contribution in [0.15, 0.2) is 114 Å². The number of aromatic nitrogens is 3. The molecule has 0 fully saturated rings. The third-order valence-electron chi connectivity index (χ3n) is 8.45. The van der Waals surface area contributed by atoms with Crippen LogP contribution in [0.3, 0.4) is 0 Å². The van der Waals surface area contributed by atoms with Crippen molar-refractivity contribution >= 4 is 35.3 Å². The smallest absolute Gasteiger partial charge is 0.216 e. The molecule has 0 unspecified atom stereocenters. The van der Waals surface area contributed by atoms with Gasteiger partial charge >= 0.3 is 0 Å². The van der Waals surface area contributed by atoms with Gasteiger partial charge in [-0.2, -0.15) is 0 Å². The fourth-order valence-electron chi connectivity index (χ4n) is 5.82. The standard InChI is InChI=1S/C25H19N2O.C17H22NSi.Ir/c1-16(2)18-11-12-26-23(14-18)21-10-6-9-20-22-13-19(17-7-4-3-5-8-17)15-27-25(22)28-24(20)21;1-13(2)15-11-16(14-9-7-6-8-10-14)18-12-17(15)19(3,4)5;/h3-9,11-16H,1-2H3;6-9,11-13H,1-5H3;/q2*-1;. The van der Waals surface area contributed by atoms with E-state index in [1.807, 2.05) is 60.9 Å². The van der Waals surface area contributed by atoms with E-state index in [-0.39, 0.29) is 20.1 Å². The molecule has 48 heavy (non-hydrogen) atoms. The van der Waals surface area contributed by atoms with E-state index in [4.69, 9.17) is 4.42 Å². The Labute approximate surface area is 299 Å². The van der Waals surface area contributed by atoms with Gasteiger partial charge in [0.2, 0.25) is 5.71 Å². The zero-order chi connectivity index (χ0) is 33.1. The number of rotatable bonds is 6. The van der Waals surface area contributed by atoms with E-state index in [9.17, 15) is 0 Å². The molecule has 4 aromatic heterocycles. The van der Waals surface area contributed by atoms with Crippen LogP contribution in [0.25, 0.3) is 55.7 Å². The SMILES string of the molecule is CC(C)c1cc(-c2[c-]cccc2)ncc1[Si](C)(C)C.CC(C)c1ccnc(-c2[c-]ccc3c2oc2ncc(-c4ccccc4)cc23)c1.[Ir]. The first-order chi connectivity index (χ1) is 22.6. The molecule has 0 N–H and O–H groups in total. The average Bonchev–Trinajstić information content (AvgIpc) is 3.47. The maximum atomic E-state index is 6.15. The van der Waals surface area contributed by atoms with E-state index in [0.717, 1.165) is 50.0 Å². The summed E-state index contributed by atoms with van der Waals surface area (Å²) in [4.78, 5) is 13.8. The average molecular weight is 824 g/mol. The van der Waals surface area contributed by atoms with Crippen molar-refractivity contribution in [3.05, 3.63) is 133 Å². The van der Waals surface area contributed by atoms with Crippen molar-refractivity contribution in [2.45, 2.75) is 59.2 Å². The van der Waals surface area contributed by atoms with Crippen LogP contribution >= 0.6 is 0 Å². The zero-order valence-electron chi connectivity index (χ0n) is 28.6. The summed E-state index contributed by atoms with van der Waals surface area (Å²) in [6.07, 6.45) is 5.81. The van der Waals surface area contributed by atoms with E-state index in [1.165, 1.54) is 16.3 Å². The van der Waals surface area contributed by atoms with Crippen molar-refractivity contribution in [1.29, 1.82) is 0 Å². The van der Waals surface area contributed by atoms with Crippen molar-refractivity contribution in [3.63, 3.8) is 0 Å². The summed E-state index contributed by atoms with van der Waals surface area (Å²) >= 11 is 0. The Balaban J connectivity index is 0.000000198. The van der Waals surface area contributed by atoms with Crippen molar-refractivity contribution in [2.75, 3.05) is 0 Å². The van der Waals surface area contributed by atoms with Crippen LogP contribution in [-0.4, -0.2) is 23.0 Å². The predicted octanol–water partition coefficient (Wildman–Crippen LogP) is 10.8. The van der Waals surface area contributed by atoms with E-state index in [2.05, 4.69) is 123 Å². The molecule has 0 saturated heterocycles. The van der Waals surface area contributed by atoms with E-state index < -0.39 is 8.07 Å². The molecule has 7 aromatic rings. The summed E-state index contributed by atoms with van der Waals surface area (Å²) < 4.78 is 6.15. The second kappa shape index (κ2) is 14.9. The van der Waals surface area contributed by atoms with Crippen LogP contribution in [-0.2, 0) is 20.1 Å². The Morgan fingerprint density at radius 1 is 0.667 bits per heavy atom. The van der Waals surface area contributed by atoms with Gasteiger partial charge in [-0.3, -0.25) is 0 Å². The van der Waals surface area contributed by atoms with Crippen LogP contribution in [0.4, 0.5) is 0 Å². The summed E-state index contributed by atoms with van der Waals surface area (Å²) in [5.41, 5.74) is 10.2. The van der Waals surface area contributed by atoms with Crippen LogP contribution in [0.1, 0.15) is 50.7 Å².